The van der Waals surface area contributed by atoms with E-state index in [4.69, 9.17) is 0 Å². The molecular formula is C10H10N2O. The maximum absolute atomic E-state index is 11.1. The number of aromatic amines is 1. The predicted octanol–water partition coefficient (Wildman–Crippen LogP) is 1.49. The van der Waals surface area contributed by atoms with Gasteiger partial charge in [0.15, 0.2) is 0 Å². The number of aromatic nitrogens is 2. The molecule has 3 nitrogen and oxygen atoms in total. The second kappa shape index (κ2) is 3.01. The van der Waals surface area contributed by atoms with Crippen LogP contribution in [0.2, 0.25) is 0 Å². The third kappa shape index (κ3) is 1.33. The average Bonchev–Trinajstić information content (AvgIpc) is 2.16. The minimum Gasteiger partial charge on any atom is -0.305 e. The van der Waals surface area contributed by atoms with E-state index in [1.807, 2.05) is 31.2 Å². The lowest BCUT2D eigenvalue weighted by atomic mass is 10.1. The number of rotatable bonds is 1. The largest absolute Gasteiger partial charge is 0.345 e. The molecule has 0 spiro atoms. The SMILES string of the molecule is CCc1nc(=O)[nH]c2ccccc12. The van der Waals surface area contributed by atoms with Crippen LogP contribution in [-0.4, -0.2) is 9.97 Å². The summed E-state index contributed by atoms with van der Waals surface area (Å²) in [6, 6.07) is 7.70. The highest BCUT2D eigenvalue weighted by Crippen LogP contribution is 2.12. The van der Waals surface area contributed by atoms with E-state index in [1.165, 1.54) is 0 Å². The molecule has 0 aliphatic carbocycles. The standard InChI is InChI=1S/C10H10N2O/c1-2-8-7-5-3-4-6-9(7)12-10(13)11-8/h3-6H,2H2,1H3,(H,11,12,13). The number of nitrogens with zero attached hydrogens (tertiary/aromatic N) is 1. The van der Waals surface area contributed by atoms with Gasteiger partial charge in [0.2, 0.25) is 0 Å². The molecule has 2 aromatic rings. The Morgan fingerprint density at radius 2 is 2.15 bits per heavy atom. The van der Waals surface area contributed by atoms with E-state index in [1.54, 1.807) is 0 Å². The summed E-state index contributed by atoms with van der Waals surface area (Å²) in [6.45, 7) is 1.99. The van der Waals surface area contributed by atoms with E-state index in [0.717, 1.165) is 23.0 Å². The van der Waals surface area contributed by atoms with Crippen molar-refractivity contribution in [2.75, 3.05) is 0 Å². The molecule has 3 heteroatoms. The van der Waals surface area contributed by atoms with Crippen LogP contribution in [0.5, 0.6) is 0 Å². The molecule has 66 valence electrons. The van der Waals surface area contributed by atoms with E-state index < -0.39 is 0 Å². The van der Waals surface area contributed by atoms with Crippen molar-refractivity contribution in [3.05, 3.63) is 40.4 Å². The van der Waals surface area contributed by atoms with Crippen LogP contribution >= 0.6 is 0 Å². The highest BCUT2D eigenvalue weighted by atomic mass is 16.1. The van der Waals surface area contributed by atoms with Crippen LogP contribution in [0.3, 0.4) is 0 Å². The second-order valence-electron chi connectivity index (χ2n) is 2.89. The molecule has 0 amide bonds. The van der Waals surface area contributed by atoms with Crippen LogP contribution in [0.15, 0.2) is 29.1 Å². The molecule has 0 radical (unpaired) electrons. The van der Waals surface area contributed by atoms with Crippen molar-refractivity contribution in [1.82, 2.24) is 9.97 Å². The number of aryl methyl sites for hydroxylation is 1. The minimum atomic E-state index is -0.268. The molecule has 2 rings (SSSR count). The Balaban J connectivity index is 2.89. The summed E-state index contributed by atoms with van der Waals surface area (Å²) < 4.78 is 0. The molecule has 0 unspecified atom stereocenters. The molecule has 0 atom stereocenters. The lowest BCUT2D eigenvalue weighted by Crippen LogP contribution is -2.12. The molecular weight excluding hydrogens is 164 g/mol. The maximum Gasteiger partial charge on any atom is 0.345 e. The van der Waals surface area contributed by atoms with Crippen molar-refractivity contribution >= 4 is 10.9 Å². The van der Waals surface area contributed by atoms with Gasteiger partial charge in [0.1, 0.15) is 0 Å². The molecule has 13 heavy (non-hydrogen) atoms. The van der Waals surface area contributed by atoms with Gasteiger partial charge in [-0.25, -0.2) is 4.79 Å². The minimum absolute atomic E-state index is 0.268. The Bertz CT molecular complexity index is 487. The Kier molecular flexibility index (Phi) is 1.85. The fraction of sp³-hybridized carbons (Fsp3) is 0.200. The van der Waals surface area contributed by atoms with Crippen molar-refractivity contribution in [3.8, 4) is 0 Å². The first kappa shape index (κ1) is 7.98. The van der Waals surface area contributed by atoms with E-state index in [0.29, 0.717) is 0 Å². The maximum atomic E-state index is 11.1. The van der Waals surface area contributed by atoms with Crippen LogP contribution in [0.25, 0.3) is 10.9 Å². The van der Waals surface area contributed by atoms with Crippen LogP contribution in [0.1, 0.15) is 12.6 Å². The Hall–Kier alpha value is -1.64. The number of para-hydroxylation sites is 1. The average molecular weight is 174 g/mol. The van der Waals surface area contributed by atoms with Gasteiger partial charge < -0.3 is 4.98 Å². The number of H-pyrrole nitrogens is 1. The fourth-order valence-electron chi connectivity index (χ4n) is 1.44. The molecule has 0 saturated heterocycles. The van der Waals surface area contributed by atoms with Gasteiger partial charge in [0, 0.05) is 5.39 Å². The van der Waals surface area contributed by atoms with Gasteiger partial charge in [-0.2, -0.15) is 4.98 Å². The summed E-state index contributed by atoms with van der Waals surface area (Å²) in [7, 11) is 0. The molecule has 0 aliphatic heterocycles. The Morgan fingerprint density at radius 3 is 2.92 bits per heavy atom. The highest BCUT2D eigenvalue weighted by molar-refractivity contribution is 5.80. The zero-order valence-electron chi connectivity index (χ0n) is 7.37. The zero-order valence-corrected chi connectivity index (χ0v) is 7.37. The number of hydrogen-bond donors (Lipinski definition) is 1. The first-order valence-electron chi connectivity index (χ1n) is 4.29. The second-order valence-corrected chi connectivity index (χ2v) is 2.89. The van der Waals surface area contributed by atoms with Crippen molar-refractivity contribution in [1.29, 1.82) is 0 Å². The molecule has 0 fully saturated rings. The van der Waals surface area contributed by atoms with Gasteiger partial charge in [0.05, 0.1) is 11.2 Å². The smallest absolute Gasteiger partial charge is 0.305 e. The van der Waals surface area contributed by atoms with Crippen LogP contribution in [0, 0.1) is 0 Å². The van der Waals surface area contributed by atoms with E-state index in [2.05, 4.69) is 9.97 Å². The first-order chi connectivity index (χ1) is 6.31. The third-order valence-electron chi connectivity index (χ3n) is 2.05. The quantitative estimate of drug-likeness (QED) is 0.711. The molecule has 0 bridgehead atoms. The number of hydrogen-bond acceptors (Lipinski definition) is 2. The van der Waals surface area contributed by atoms with Crippen LogP contribution < -0.4 is 5.69 Å². The molecule has 0 aliphatic rings. The monoisotopic (exact) mass is 174 g/mol. The molecule has 1 aromatic carbocycles. The van der Waals surface area contributed by atoms with E-state index in [-0.39, 0.29) is 5.69 Å². The summed E-state index contributed by atoms with van der Waals surface area (Å²) in [5, 5.41) is 1.03. The zero-order chi connectivity index (χ0) is 9.26. The molecule has 0 saturated carbocycles. The van der Waals surface area contributed by atoms with Crippen molar-refractivity contribution in [2.45, 2.75) is 13.3 Å². The predicted molar refractivity (Wildman–Crippen MR) is 51.7 cm³/mol. The fourth-order valence-corrected chi connectivity index (χ4v) is 1.44. The lowest BCUT2D eigenvalue weighted by molar-refractivity contribution is 0.990. The number of benzene rings is 1. The van der Waals surface area contributed by atoms with Gasteiger partial charge in [0.25, 0.3) is 0 Å². The molecule has 1 heterocycles. The van der Waals surface area contributed by atoms with Gasteiger partial charge in [-0.3, -0.25) is 0 Å². The van der Waals surface area contributed by atoms with Gasteiger partial charge in [-0.1, -0.05) is 25.1 Å². The van der Waals surface area contributed by atoms with Gasteiger partial charge >= 0.3 is 5.69 Å². The molecule has 1 N–H and O–H groups in total. The van der Waals surface area contributed by atoms with Crippen molar-refractivity contribution in [2.24, 2.45) is 0 Å². The van der Waals surface area contributed by atoms with Crippen LogP contribution in [0.4, 0.5) is 0 Å². The summed E-state index contributed by atoms with van der Waals surface area (Å²) in [4.78, 5) is 17.7. The highest BCUT2D eigenvalue weighted by Gasteiger charge is 2.00. The van der Waals surface area contributed by atoms with E-state index in [9.17, 15) is 4.79 Å². The lowest BCUT2D eigenvalue weighted by Gasteiger charge is -2.00. The summed E-state index contributed by atoms with van der Waals surface area (Å²) in [5.74, 6) is 0. The van der Waals surface area contributed by atoms with Gasteiger partial charge in [-0.15, -0.1) is 0 Å². The van der Waals surface area contributed by atoms with E-state index >= 15 is 0 Å². The summed E-state index contributed by atoms with van der Waals surface area (Å²) in [6.07, 6.45) is 0.782. The third-order valence-corrected chi connectivity index (χ3v) is 2.05. The number of nitrogens with one attached hydrogen (secondary N) is 1. The number of fused-ring (bicyclic) bond motifs is 1. The normalized spacial score (nSPS) is 10.5. The van der Waals surface area contributed by atoms with Crippen molar-refractivity contribution in [3.63, 3.8) is 0 Å². The Labute approximate surface area is 75.4 Å². The summed E-state index contributed by atoms with van der Waals surface area (Å²) >= 11 is 0. The first-order valence-corrected chi connectivity index (χ1v) is 4.29. The topological polar surface area (TPSA) is 45.8 Å². The molecule has 1 aromatic heterocycles. The van der Waals surface area contributed by atoms with Gasteiger partial charge in [-0.05, 0) is 12.5 Å². The van der Waals surface area contributed by atoms with Crippen molar-refractivity contribution < 1.29 is 0 Å². The Morgan fingerprint density at radius 1 is 1.38 bits per heavy atom. The van der Waals surface area contributed by atoms with Crippen LogP contribution in [-0.2, 0) is 6.42 Å². The summed E-state index contributed by atoms with van der Waals surface area (Å²) in [5.41, 5.74) is 1.45.